The van der Waals surface area contributed by atoms with Gasteiger partial charge in [0.15, 0.2) is 5.58 Å². The summed E-state index contributed by atoms with van der Waals surface area (Å²) in [5, 5.41) is 3.07. The second kappa shape index (κ2) is 9.46. The molecule has 0 unspecified atom stereocenters. The molecular formula is C27H27N3O3. The van der Waals surface area contributed by atoms with Crippen LogP contribution in [0.2, 0.25) is 0 Å². The molecular weight excluding hydrogens is 414 g/mol. The normalized spacial score (nSPS) is 14.9. The van der Waals surface area contributed by atoms with Gasteiger partial charge >= 0.3 is 0 Å². The summed E-state index contributed by atoms with van der Waals surface area (Å²) < 4.78 is 11.2. The highest BCUT2D eigenvalue weighted by Crippen LogP contribution is 2.28. The number of aromatic nitrogens is 1. The number of nitrogens with zero attached hydrogens (tertiary/aromatic N) is 2. The van der Waals surface area contributed by atoms with E-state index in [0.29, 0.717) is 11.5 Å². The SMILES string of the molecule is COc1ccc(-c2nc3ccc(NC(=O)C4CCN(Cc5ccccc5)CC4)cc3o2)cc1. The van der Waals surface area contributed by atoms with Crippen molar-refractivity contribution in [2.75, 3.05) is 25.5 Å². The van der Waals surface area contributed by atoms with Gasteiger partial charge in [0.1, 0.15) is 11.3 Å². The summed E-state index contributed by atoms with van der Waals surface area (Å²) in [6.07, 6.45) is 1.73. The maximum atomic E-state index is 12.9. The van der Waals surface area contributed by atoms with Gasteiger partial charge in [-0.15, -0.1) is 0 Å². The first-order valence-corrected chi connectivity index (χ1v) is 11.3. The lowest BCUT2D eigenvalue weighted by molar-refractivity contribution is -0.121. The number of fused-ring (bicyclic) bond motifs is 1. The highest BCUT2D eigenvalue weighted by Gasteiger charge is 2.25. The van der Waals surface area contributed by atoms with Crippen molar-refractivity contribution < 1.29 is 13.9 Å². The van der Waals surface area contributed by atoms with Crippen LogP contribution in [0.5, 0.6) is 5.75 Å². The first kappa shape index (κ1) is 21.2. The Kier molecular flexibility index (Phi) is 6.09. The number of benzene rings is 3. The molecule has 0 bridgehead atoms. The van der Waals surface area contributed by atoms with Crippen LogP contribution in [0.4, 0.5) is 5.69 Å². The van der Waals surface area contributed by atoms with Gasteiger partial charge in [-0.3, -0.25) is 9.69 Å². The van der Waals surface area contributed by atoms with Gasteiger partial charge in [0.25, 0.3) is 0 Å². The average Bonchev–Trinajstić information content (AvgIpc) is 3.29. The molecule has 5 rings (SSSR count). The van der Waals surface area contributed by atoms with Crippen LogP contribution in [0.1, 0.15) is 18.4 Å². The smallest absolute Gasteiger partial charge is 0.227 e. The Labute approximate surface area is 193 Å². The third kappa shape index (κ3) is 4.91. The number of hydrogen-bond acceptors (Lipinski definition) is 5. The van der Waals surface area contributed by atoms with Crippen LogP contribution in [-0.4, -0.2) is 36.0 Å². The fourth-order valence-electron chi connectivity index (χ4n) is 4.30. The molecule has 4 aromatic rings. The number of likely N-dealkylation sites (tertiary alicyclic amines) is 1. The predicted octanol–water partition coefficient (Wildman–Crippen LogP) is 5.35. The fourth-order valence-corrected chi connectivity index (χ4v) is 4.30. The zero-order chi connectivity index (χ0) is 22.6. The Morgan fingerprint density at radius 1 is 1.06 bits per heavy atom. The third-order valence-corrected chi connectivity index (χ3v) is 6.20. The first-order valence-electron chi connectivity index (χ1n) is 11.3. The summed E-state index contributed by atoms with van der Waals surface area (Å²) >= 11 is 0. The summed E-state index contributed by atoms with van der Waals surface area (Å²) in [6, 6.07) is 23.7. The number of hydrogen-bond donors (Lipinski definition) is 1. The molecule has 0 atom stereocenters. The minimum absolute atomic E-state index is 0.0253. The Hall–Kier alpha value is -3.64. The zero-order valence-corrected chi connectivity index (χ0v) is 18.7. The number of piperidine rings is 1. The summed E-state index contributed by atoms with van der Waals surface area (Å²) in [7, 11) is 1.64. The van der Waals surface area contributed by atoms with Crippen molar-refractivity contribution in [3.63, 3.8) is 0 Å². The van der Waals surface area contributed by atoms with Crippen molar-refractivity contribution in [3.8, 4) is 17.2 Å². The van der Waals surface area contributed by atoms with Gasteiger partial charge in [0.2, 0.25) is 11.8 Å². The summed E-state index contributed by atoms with van der Waals surface area (Å²) in [5.41, 5.74) is 4.33. The molecule has 1 saturated heterocycles. The van der Waals surface area contributed by atoms with Crippen LogP contribution < -0.4 is 10.1 Å². The van der Waals surface area contributed by atoms with Crippen molar-refractivity contribution in [1.29, 1.82) is 0 Å². The van der Waals surface area contributed by atoms with Gasteiger partial charge in [-0.1, -0.05) is 30.3 Å². The highest BCUT2D eigenvalue weighted by molar-refractivity contribution is 5.94. The van der Waals surface area contributed by atoms with Gasteiger partial charge in [0, 0.05) is 29.8 Å². The summed E-state index contributed by atoms with van der Waals surface area (Å²) in [6.45, 7) is 2.80. The standard InChI is InChI=1S/C27H27N3O3/c1-32-23-10-7-21(8-11-23)27-29-24-12-9-22(17-25(24)33-27)28-26(31)20-13-15-30(16-14-20)18-19-5-3-2-4-6-19/h2-12,17,20H,13-16,18H2,1H3,(H,28,31). The molecule has 1 fully saturated rings. The zero-order valence-electron chi connectivity index (χ0n) is 18.7. The van der Waals surface area contributed by atoms with Crippen molar-refractivity contribution in [3.05, 3.63) is 78.4 Å². The fraction of sp³-hybridized carbons (Fsp3) is 0.259. The highest BCUT2D eigenvalue weighted by atomic mass is 16.5. The van der Waals surface area contributed by atoms with E-state index >= 15 is 0 Å². The van der Waals surface area contributed by atoms with Crippen LogP contribution in [0.25, 0.3) is 22.6 Å². The van der Waals surface area contributed by atoms with E-state index < -0.39 is 0 Å². The molecule has 0 spiro atoms. The average molecular weight is 442 g/mol. The summed E-state index contributed by atoms with van der Waals surface area (Å²) in [4.78, 5) is 19.9. The number of rotatable bonds is 6. The number of ether oxygens (including phenoxy) is 1. The maximum absolute atomic E-state index is 12.9. The lowest BCUT2D eigenvalue weighted by Crippen LogP contribution is -2.37. The van der Waals surface area contributed by atoms with E-state index in [1.165, 1.54) is 5.56 Å². The Bertz CT molecular complexity index is 1230. The van der Waals surface area contributed by atoms with Crippen molar-refractivity contribution in [1.82, 2.24) is 9.88 Å². The lowest BCUT2D eigenvalue weighted by atomic mass is 9.95. The van der Waals surface area contributed by atoms with E-state index in [1.54, 1.807) is 7.11 Å². The predicted molar refractivity (Wildman–Crippen MR) is 129 cm³/mol. The Morgan fingerprint density at radius 2 is 1.82 bits per heavy atom. The lowest BCUT2D eigenvalue weighted by Gasteiger charge is -2.31. The third-order valence-electron chi connectivity index (χ3n) is 6.20. The quantitative estimate of drug-likeness (QED) is 0.437. The number of carbonyl (C=O) groups is 1. The molecule has 1 aliphatic rings. The molecule has 0 saturated carbocycles. The molecule has 0 radical (unpaired) electrons. The van der Waals surface area contributed by atoms with Gasteiger partial charge in [0.05, 0.1) is 7.11 Å². The van der Waals surface area contributed by atoms with Crippen LogP contribution in [0, 0.1) is 5.92 Å². The molecule has 33 heavy (non-hydrogen) atoms. The second-order valence-electron chi connectivity index (χ2n) is 8.46. The first-order chi connectivity index (χ1) is 16.2. The Morgan fingerprint density at radius 3 is 2.55 bits per heavy atom. The van der Waals surface area contributed by atoms with Crippen molar-refractivity contribution in [2.45, 2.75) is 19.4 Å². The van der Waals surface area contributed by atoms with Crippen LogP contribution >= 0.6 is 0 Å². The number of amides is 1. The largest absolute Gasteiger partial charge is 0.497 e. The van der Waals surface area contributed by atoms with E-state index in [0.717, 1.165) is 55.0 Å². The molecule has 168 valence electrons. The minimum atomic E-state index is 0.0253. The van der Waals surface area contributed by atoms with E-state index in [4.69, 9.17) is 9.15 Å². The Balaban J connectivity index is 1.20. The molecule has 1 amide bonds. The monoisotopic (exact) mass is 441 g/mol. The maximum Gasteiger partial charge on any atom is 0.227 e. The van der Waals surface area contributed by atoms with E-state index in [-0.39, 0.29) is 11.8 Å². The van der Waals surface area contributed by atoms with Crippen molar-refractivity contribution in [2.24, 2.45) is 5.92 Å². The molecule has 6 nitrogen and oxygen atoms in total. The van der Waals surface area contributed by atoms with Crippen molar-refractivity contribution >= 4 is 22.7 Å². The number of anilines is 1. The number of nitrogens with one attached hydrogen (secondary N) is 1. The number of oxazole rings is 1. The van der Waals surface area contributed by atoms with Gasteiger partial charge in [-0.05, 0) is 67.9 Å². The molecule has 3 aromatic carbocycles. The van der Waals surface area contributed by atoms with Gasteiger partial charge < -0.3 is 14.5 Å². The molecule has 0 aliphatic carbocycles. The van der Waals surface area contributed by atoms with Crippen LogP contribution in [0.3, 0.4) is 0 Å². The molecule has 1 aromatic heterocycles. The minimum Gasteiger partial charge on any atom is -0.497 e. The molecule has 1 aliphatic heterocycles. The van der Waals surface area contributed by atoms with E-state index in [2.05, 4.69) is 39.5 Å². The van der Waals surface area contributed by atoms with Gasteiger partial charge in [-0.25, -0.2) is 4.98 Å². The summed E-state index contributed by atoms with van der Waals surface area (Å²) in [5.74, 6) is 1.42. The van der Waals surface area contributed by atoms with E-state index in [9.17, 15) is 4.79 Å². The van der Waals surface area contributed by atoms with Crippen LogP contribution in [-0.2, 0) is 11.3 Å². The van der Waals surface area contributed by atoms with Gasteiger partial charge in [-0.2, -0.15) is 0 Å². The molecule has 1 N–H and O–H groups in total. The molecule has 6 heteroatoms. The topological polar surface area (TPSA) is 67.6 Å². The second-order valence-corrected chi connectivity index (χ2v) is 8.46. The van der Waals surface area contributed by atoms with Crippen LogP contribution in [0.15, 0.2) is 77.2 Å². The number of methoxy groups -OCH3 is 1. The van der Waals surface area contributed by atoms with E-state index in [1.807, 2.05) is 48.5 Å². The molecule has 2 heterocycles. The number of carbonyl (C=O) groups excluding carboxylic acids is 1.